The fraction of sp³-hybridized carbons (Fsp3) is 0.615. The first-order valence-electron chi connectivity index (χ1n) is 6.68. The predicted octanol–water partition coefficient (Wildman–Crippen LogP) is 1.71. The third kappa shape index (κ3) is 4.83. The van der Waals surface area contributed by atoms with Crippen LogP contribution in [0.2, 0.25) is 0 Å². The summed E-state index contributed by atoms with van der Waals surface area (Å²) in [5.74, 6) is 0. The molecule has 3 N–H and O–H groups in total. The summed E-state index contributed by atoms with van der Waals surface area (Å²) >= 11 is 0. The molecule has 3 amide bonds. The van der Waals surface area contributed by atoms with Gasteiger partial charge in [-0.3, -0.25) is 0 Å². The molecule has 1 heterocycles. The molecule has 0 unspecified atom stereocenters. The summed E-state index contributed by atoms with van der Waals surface area (Å²) in [6.45, 7) is 9.24. The van der Waals surface area contributed by atoms with Crippen LogP contribution in [0.4, 0.5) is 14.4 Å². The third-order valence-electron chi connectivity index (χ3n) is 2.95. The van der Waals surface area contributed by atoms with E-state index in [0.29, 0.717) is 23.5 Å². The number of rotatable bonds is 1. The number of carbonyl (C=O) groups excluding carboxylic acids is 1. The zero-order valence-electron chi connectivity index (χ0n) is 12.8. The summed E-state index contributed by atoms with van der Waals surface area (Å²) < 4.78 is 5.24. The van der Waals surface area contributed by atoms with Crippen LogP contribution in [-0.4, -0.2) is 63.1 Å². The Bertz CT molecular complexity index is 485. The molecule has 1 rings (SSSR count). The summed E-state index contributed by atoms with van der Waals surface area (Å²) in [7, 11) is 0. The maximum absolute atomic E-state index is 12.1. The molecule has 1 atom stereocenters. The minimum Gasteiger partial charge on any atom is -0.464 e. The second kappa shape index (κ2) is 6.54. The van der Waals surface area contributed by atoms with Crippen molar-refractivity contribution < 1.29 is 29.3 Å². The molecule has 1 saturated heterocycles. The molecule has 22 heavy (non-hydrogen) atoms. The Balaban J connectivity index is 2.86. The number of ether oxygens (including phenoxy) is 1. The molecule has 0 bridgehead atoms. The molecule has 1 aliphatic heterocycles. The molecule has 0 radical (unpaired) electrons. The fourth-order valence-corrected chi connectivity index (χ4v) is 1.99. The summed E-state index contributed by atoms with van der Waals surface area (Å²) in [5.41, 5.74) is 1.65. The van der Waals surface area contributed by atoms with E-state index in [2.05, 4.69) is 6.58 Å². The van der Waals surface area contributed by atoms with E-state index in [9.17, 15) is 14.4 Å². The van der Waals surface area contributed by atoms with Gasteiger partial charge in [-0.15, -0.1) is 0 Å². The van der Waals surface area contributed by atoms with Crippen LogP contribution < -0.4 is 5.43 Å². The van der Waals surface area contributed by atoms with Crippen LogP contribution >= 0.6 is 0 Å². The quantitative estimate of drug-likeness (QED) is 0.500. The Morgan fingerprint density at radius 3 is 2.41 bits per heavy atom. The molecular formula is C13H21N3O6. The highest BCUT2D eigenvalue weighted by atomic mass is 16.6. The van der Waals surface area contributed by atoms with E-state index in [1.807, 2.05) is 0 Å². The fourth-order valence-electron chi connectivity index (χ4n) is 1.99. The van der Waals surface area contributed by atoms with E-state index in [1.165, 1.54) is 4.90 Å². The number of likely N-dealkylation sites (tertiary alicyclic amines) is 1. The molecule has 1 fully saturated rings. The molecule has 124 valence electrons. The molecule has 9 heteroatoms. The van der Waals surface area contributed by atoms with Gasteiger partial charge in [-0.05, 0) is 32.8 Å². The summed E-state index contributed by atoms with van der Waals surface area (Å²) in [6, 6.07) is -0.866. The lowest BCUT2D eigenvalue weighted by atomic mass is 10.00. The Morgan fingerprint density at radius 1 is 1.36 bits per heavy atom. The minimum atomic E-state index is -1.51. The molecule has 0 aliphatic carbocycles. The van der Waals surface area contributed by atoms with Gasteiger partial charge in [-0.25, -0.2) is 24.8 Å². The molecule has 0 aromatic heterocycles. The predicted molar refractivity (Wildman–Crippen MR) is 76.4 cm³/mol. The van der Waals surface area contributed by atoms with Crippen molar-refractivity contribution in [3.05, 3.63) is 12.2 Å². The molecule has 0 aromatic carbocycles. The van der Waals surface area contributed by atoms with Gasteiger partial charge in [0.2, 0.25) is 0 Å². The van der Waals surface area contributed by atoms with Crippen LogP contribution in [0.15, 0.2) is 12.2 Å². The Labute approximate surface area is 128 Å². The van der Waals surface area contributed by atoms with Crippen molar-refractivity contribution in [3.8, 4) is 0 Å². The van der Waals surface area contributed by atoms with Gasteiger partial charge < -0.3 is 19.8 Å². The summed E-state index contributed by atoms with van der Waals surface area (Å²) in [4.78, 5) is 35.3. The average molecular weight is 315 g/mol. The van der Waals surface area contributed by atoms with Gasteiger partial charge in [-0.1, -0.05) is 6.58 Å². The van der Waals surface area contributed by atoms with Gasteiger partial charge >= 0.3 is 18.3 Å². The van der Waals surface area contributed by atoms with Crippen molar-refractivity contribution in [1.82, 2.24) is 15.3 Å². The lowest BCUT2D eigenvalue weighted by Crippen LogP contribution is -2.58. The van der Waals surface area contributed by atoms with Crippen LogP contribution in [0.25, 0.3) is 0 Å². The number of hydrogen-bond acceptors (Lipinski definition) is 4. The van der Waals surface area contributed by atoms with Gasteiger partial charge in [0.05, 0.1) is 12.6 Å². The first-order chi connectivity index (χ1) is 10.0. The number of piperidine rings is 1. The highest BCUT2D eigenvalue weighted by Crippen LogP contribution is 2.21. The minimum absolute atomic E-state index is 0.0275. The SMILES string of the molecule is C=C1CCN(C(=O)OC(C)(C)C)C[C@H]1N(NC(=O)O)C(=O)O. The number of nitrogens with zero attached hydrogens (tertiary/aromatic N) is 2. The highest BCUT2D eigenvalue weighted by molar-refractivity contribution is 5.73. The van der Waals surface area contributed by atoms with E-state index in [-0.39, 0.29) is 6.54 Å². The van der Waals surface area contributed by atoms with E-state index >= 15 is 0 Å². The average Bonchev–Trinajstić information content (AvgIpc) is 2.34. The number of nitrogens with one attached hydrogen (secondary N) is 1. The zero-order chi connectivity index (χ0) is 17.1. The van der Waals surface area contributed by atoms with Gasteiger partial charge in [0, 0.05) is 6.54 Å². The van der Waals surface area contributed by atoms with Crippen LogP contribution in [0.1, 0.15) is 27.2 Å². The van der Waals surface area contributed by atoms with E-state index in [0.717, 1.165) is 0 Å². The van der Waals surface area contributed by atoms with Crippen molar-refractivity contribution in [2.24, 2.45) is 0 Å². The number of carbonyl (C=O) groups is 3. The largest absolute Gasteiger partial charge is 0.464 e. The van der Waals surface area contributed by atoms with Crippen LogP contribution in [-0.2, 0) is 4.74 Å². The van der Waals surface area contributed by atoms with Crippen LogP contribution in [0.5, 0.6) is 0 Å². The Kier molecular flexibility index (Phi) is 5.23. The molecule has 1 aliphatic rings. The van der Waals surface area contributed by atoms with Crippen molar-refractivity contribution in [2.45, 2.75) is 38.8 Å². The van der Waals surface area contributed by atoms with Crippen LogP contribution in [0, 0.1) is 0 Å². The maximum Gasteiger partial charge on any atom is 0.426 e. The molecule has 0 spiro atoms. The number of hydrazine groups is 1. The summed E-state index contributed by atoms with van der Waals surface area (Å²) in [6.07, 6.45) is -3.20. The third-order valence-corrected chi connectivity index (χ3v) is 2.95. The normalized spacial score (nSPS) is 18.6. The van der Waals surface area contributed by atoms with Gasteiger partial charge in [0.1, 0.15) is 5.60 Å². The number of carboxylic acid groups (broad SMARTS) is 2. The molecule has 0 saturated carbocycles. The van der Waals surface area contributed by atoms with Crippen molar-refractivity contribution >= 4 is 18.3 Å². The monoisotopic (exact) mass is 315 g/mol. The second-order valence-electron chi connectivity index (χ2n) is 5.92. The number of amides is 3. The maximum atomic E-state index is 12.1. The van der Waals surface area contributed by atoms with Gasteiger partial charge in [0.25, 0.3) is 0 Å². The van der Waals surface area contributed by atoms with Crippen LogP contribution in [0.3, 0.4) is 0 Å². The smallest absolute Gasteiger partial charge is 0.426 e. The zero-order valence-corrected chi connectivity index (χ0v) is 12.8. The summed E-state index contributed by atoms with van der Waals surface area (Å²) in [5, 5.41) is 18.4. The standard InChI is InChI=1S/C13H21N3O6/c1-8-5-6-15(12(21)22-13(2,3)4)7-9(8)16(11(19)20)14-10(17)18/h9,14H,1,5-7H2,2-4H3,(H,17,18)(H,19,20)/t9-/m1/s1. The Morgan fingerprint density at radius 2 is 1.95 bits per heavy atom. The molecule has 0 aromatic rings. The lowest BCUT2D eigenvalue weighted by molar-refractivity contribution is 0.0138. The van der Waals surface area contributed by atoms with E-state index < -0.39 is 29.9 Å². The lowest BCUT2D eigenvalue weighted by Gasteiger charge is -2.39. The van der Waals surface area contributed by atoms with E-state index in [4.69, 9.17) is 14.9 Å². The van der Waals surface area contributed by atoms with Crippen molar-refractivity contribution in [1.29, 1.82) is 0 Å². The van der Waals surface area contributed by atoms with Gasteiger partial charge in [-0.2, -0.15) is 0 Å². The second-order valence-corrected chi connectivity index (χ2v) is 5.92. The van der Waals surface area contributed by atoms with Crippen molar-refractivity contribution in [2.75, 3.05) is 13.1 Å². The van der Waals surface area contributed by atoms with E-state index in [1.54, 1.807) is 26.2 Å². The molecule has 9 nitrogen and oxygen atoms in total. The molecular weight excluding hydrogens is 294 g/mol. The number of hydrogen-bond donors (Lipinski definition) is 3. The highest BCUT2D eigenvalue weighted by Gasteiger charge is 2.35. The first kappa shape index (κ1) is 17.6. The Hall–Kier alpha value is -2.45. The van der Waals surface area contributed by atoms with Gasteiger partial charge in [0.15, 0.2) is 0 Å². The van der Waals surface area contributed by atoms with Crippen molar-refractivity contribution in [3.63, 3.8) is 0 Å². The topological polar surface area (TPSA) is 119 Å². The first-order valence-corrected chi connectivity index (χ1v) is 6.68.